The highest BCUT2D eigenvalue weighted by Crippen LogP contribution is 2.28. The number of aromatic amines is 1. The molecular weight excluding hydrogens is 386 g/mol. The van der Waals surface area contributed by atoms with Crippen LogP contribution in [-0.2, 0) is 15.9 Å². The van der Waals surface area contributed by atoms with Crippen molar-refractivity contribution in [1.82, 2.24) is 9.97 Å². The number of methoxy groups -OCH3 is 1. The van der Waals surface area contributed by atoms with E-state index in [2.05, 4.69) is 9.97 Å². The van der Waals surface area contributed by atoms with Crippen molar-refractivity contribution in [3.05, 3.63) is 66.6 Å². The van der Waals surface area contributed by atoms with E-state index >= 15 is 0 Å². The summed E-state index contributed by atoms with van der Waals surface area (Å²) in [5.41, 5.74) is 0.941. The van der Waals surface area contributed by atoms with E-state index in [-0.39, 0.29) is 24.5 Å². The van der Waals surface area contributed by atoms with Crippen LogP contribution in [0.2, 0.25) is 0 Å². The van der Waals surface area contributed by atoms with Gasteiger partial charge in [0.05, 0.1) is 16.9 Å². The molecule has 2 aromatic heterocycles. The van der Waals surface area contributed by atoms with E-state index in [1.807, 2.05) is 0 Å². The molecule has 0 fully saturated rings. The number of aryl methyl sites for hydroxylation is 1. The zero-order valence-corrected chi connectivity index (χ0v) is 16.0. The van der Waals surface area contributed by atoms with Gasteiger partial charge in [-0.05, 0) is 18.1 Å². The number of nitro groups is 1. The molecule has 0 aliphatic carbocycles. The minimum Gasteiger partial charge on any atom is -0.459 e. The first-order chi connectivity index (χ1) is 13.4. The lowest BCUT2D eigenvalue weighted by atomic mass is 10.1. The lowest BCUT2D eigenvalue weighted by Gasteiger charge is -2.02. The molecule has 1 N–H and O–H groups in total. The van der Waals surface area contributed by atoms with Gasteiger partial charge in [-0.15, -0.1) is 11.3 Å². The van der Waals surface area contributed by atoms with Crippen molar-refractivity contribution in [3.63, 3.8) is 0 Å². The summed E-state index contributed by atoms with van der Waals surface area (Å²) in [6.07, 6.45) is 0.299. The van der Waals surface area contributed by atoms with Crippen molar-refractivity contribution in [3.8, 4) is 0 Å². The van der Waals surface area contributed by atoms with Crippen LogP contribution < -0.4 is 5.56 Å². The standard InChI is InChI=1S/C18H17N3O6S/c1-10-14-16(22)19-13(9-11-3-5-12(6-4-11)21(24)25)20-17(14)28-15(10)18(23)27-8-7-26-2/h3-6H,7-9H2,1-2H3,(H,19,20,22). The molecule has 3 rings (SSSR count). The van der Waals surface area contributed by atoms with Gasteiger partial charge in [0.2, 0.25) is 0 Å². The third-order valence-electron chi connectivity index (χ3n) is 4.07. The normalized spacial score (nSPS) is 10.9. The van der Waals surface area contributed by atoms with Gasteiger partial charge in [-0.1, -0.05) is 12.1 Å². The predicted molar refractivity (Wildman–Crippen MR) is 103 cm³/mol. The second-order valence-electron chi connectivity index (χ2n) is 5.98. The lowest BCUT2D eigenvalue weighted by Crippen LogP contribution is -2.12. The number of aromatic nitrogens is 2. The van der Waals surface area contributed by atoms with E-state index < -0.39 is 10.9 Å². The van der Waals surface area contributed by atoms with Gasteiger partial charge in [0.15, 0.2) is 0 Å². The Balaban J connectivity index is 1.89. The number of benzene rings is 1. The Morgan fingerprint density at radius 3 is 2.64 bits per heavy atom. The number of rotatable bonds is 7. The van der Waals surface area contributed by atoms with Crippen LogP contribution in [-0.4, -0.2) is 41.2 Å². The Morgan fingerprint density at radius 2 is 2.00 bits per heavy atom. The summed E-state index contributed by atoms with van der Waals surface area (Å²) in [7, 11) is 1.51. The van der Waals surface area contributed by atoms with Gasteiger partial charge in [0.25, 0.3) is 11.2 Å². The largest absolute Gasteiger partial charge is 0.459 e. The molecule has 9 nitrogen and oxygen atoms in total. The number of H-pyrrole nitrogens is 1. The molecule has 0 saturated carbocycles. The van der Waals surface area contributed by atoms with Crippen LogP contribution in [0.5, 0.6) is 0 Å². The van der Waals surface area contributed by atoms with Gasteiger partial charge in [0.1, 0.15) is 22.1 Å². The topological polar surface area (TPSA) is 124 Å². The van der Waals surface area contributed by atoms with Gasteiger partial charge in [0, 0.05) is 25.7 Å². The van der Waals surface area contributed by atoms with Crippen LogP contribution >= 0.6 is 11.3 Å². The second kappa shape index (κ2) is 8.28. The van der Waals surface area contributed by atoms with Crippen molar-refractivity contribution < 1.29 is 19.2 Å². The number of nitrogens with zero attached hydrogens (tertiary/aromatic N) is 2. The Hall–Kier alpha value is -3.11. The molecule has 0 amide bonds. The number of non-ortho nitro benzene ring substituents is 1. The minimum absolute atomic E-state index is 0.00818. The summed E-state index contributed by atoms with van der Waals surface area (Å²) < 4.78 is 9.98. The molecular formula is C18H17N3O6S. The first-order valence-corrected chi connectivity index (χ1v) is 9.14. The average Bonchev–Trinajstić information content (AvgIpc) is 2.99. The van der Waals surface area contributed by atoms with Crippen LogP contribution in [0, 0.1) is 17.0 Å². The molecule has 0 saturated heterocycles. The smallest absolute Gasteiger partial charge is 0.348 e. The van der Waals surface area contributed by atoms with Gasteiger partial charge in [-0.25, -0.2) is 9.78 Å². The first kappa shape index (κ1) is 19.6. The number of fused-ring (bicyclic) bond motifs is 1. The monoisotopic (exact) mass is 403 g/mol. The van der Waals surface area contributed by atoms with Crippen LogP contribution in [0.3, 0.4) is 0 Å². The van der Waals surface area contributed by atoms with Crippen LogP contribution in [0.25, 0.3) is 10.2 Å². The Labute approximate surface area is 163 Å². The molecule has 0 spiro atoms. The summed E-state index contributed by atoms with van der Waals surface area (Å²) in [6, 6.07) is 6.02. The van der Waals surface area contributed by atoms with Crippen molar-refractivity contribution in [2.75, 3.05) is 20.3 Å². The SMILES string of the molecule is COCCOC(=O)c1sc2nc(Cc3ccc([N+](=O)[O-])cc3)[nH]c(=O)c2c1C. The number of thiophene rings is 1. The van der Waals surface area contributed by atoms with E-state index in [1.54, 1.807) is 19.1 Å². The number of nitro benzene ring substituents is 1. The van der Waals surface area contributed by atoms with Crippen molar-refractivity contribution in [2.24, 2.45) is 0 Å². The van der Waals surface area contributed by atoms with E-state index in [4.69, 9.17) is 9.47 Å². The molecule has 10 heteroatoms. The molecule has 0 bridgehead atoms. The average molecular weight is 403 g/mol. The quantitative estimate of drug-likeness (QED) is 0.278. The molecule has 28 heavy (non-hydrogen) atoms. The summed E-state index contributed by atoms with van der Waals surface area (Å²) in [5.74, 6) is -0.110. The molecule has 146 valence electrons. The van der Waals surface area contributed by atoms with Gasteiger partial charge in [-0.2, -0.15) is 0 Å². The zero-order chi connectivity index (χ0) is 20.3. The van der Waals surface area contributed by atoms with Gasteiger partial charge in [-0.3, -0.25) is 14.9 Å². The molecule has 0 aliphatic heterocycles. The van der Waals surface area contributed by atoms with Crippen molar-refractivity contribution >= 4 is 33.2 Å². The number of carbonyl (C=O) groups is 1. The highest BCUT2D eigenvalue weighted by molar-refractivity contribution is 7.20. The summed E-state index contributed by atoms with van der Waals surface area (Å²) >= 11 is 1.10. The maximum absolute atomic E-state index is 12.5. The van der Waals surface area contributed by atoms with E-state index in [9.17, 15) is 19.7 Å². The fraction of sp³-hybridized carbons (Fsp3) is 0.278. The summed E-state index contributed by atoms with van der Waals surface area (Å²) in [5, 5.41) is 11.1. The van der Waals surface area contributed by atoms with E-state index in [0.29, 0.717) is 32.9 Å². The molecule has 0 radical (unpaired) electrons. The first-order valence-electron chi connectivity index (χ1n) is 8.32. The molecule has 0 atom stereocenters. The van der Waals surface area contributed by atoms with E-state index in [1.165, 1.54) is 19.2 Å². The van der Waals surface area contributed by atoms with Crippen LogP contribution in [0.4, 0.5) is 5.69 Å². The lowest BCUT2D eigenvalue weighted by molar-refractivity contribution is -0.384. The van der Waals surface area contributed by atoms with Gasteiger partial charge < -0.3 is 14.5 Å². The van der Waals surface area contributed by atoms with Crippen LogP contribution in [0.1, 0.15) is 26.6 Å². The highest BCUT2D eigenvalue weighted by atomic mass is 32.1. The number of hydrogen-bond donors (Lipinski definition) is 1. The number of hydrogen-bond acceptors (Lipinski definition) is 8. The third-order valence-corrected chi connectivity index (χ3v) is 5.24. The molecule has 2 heterocycles. The van der Waals surface area contributed by atoms with Gasteiger partial charge >= 0.3 is 5.97 Å². The summed E-state index contributed by atoms with van der Waals surface area (Å²) in [4.78, 5) is 42.9. The third kappa shape index (κ3) is 4.07. The fourth-order valence-electron chi connectivity index (χ4n) is 2.68. The number of carbonyl (C=O) groups excluding carboxylic acids is 1. The Morgan fingerprint density at radius 1 is 1.29 bits per heavy atom. The van der Waals surface area contributed by atoms with Crippen molar-refractivity contribution in [1.29, 1.82) is 0 Å². The number of esters is 1. The van der Waals surface area contributed by atoms with Crippen molar-refractivity contribution in [2.45, 2.75) is 13.3 Å². The highest BCUT2D eigenvalue weighted by Gasteiger charge is 2.20. The molecule has 0 unspecified atom stereocenters. The molecule has 0 aliphatic rings. The van der Waals surface area contributed by atoms with E-state index in [0.717, 1.165) is 16.9 Å². The van der Waals surface area contributed by atoms with Crippen LogP contribution in [0.15, 0.2) is 29.1 Å². The summed E-state index contributed by atoms with van der Waals surface area (Å²) in [6.45, 7) is 2.09. The number of ether oxygens (including phenoxy) is 2. The maximum Gasteiger partial charge on any atom is 0.348 e. The number of nitrogens with one attached hydrogen (secondary N) is 1. The Bertz CT molecular complexity index is 1090. The molecule has 1 aromatic carbocycles. The Kier molecular flexibility index (Phi) is 5.81. The maximum atomic E-state index is 12.5. The zero-order valence-electron chi connectivity index (χ0n) is 15.2. The predicted octanol–water partition coefficient (Wildman–Crippen LogP) is 2.60. The molecule has 3 aromatic rings. The second-order valence-corrected chi connectivity index (χ2v) is 6.98. The fourth-order valence-corrected chi connectivity index (χ4v) is 3.77. The minimum atomic E-state index is -0.520.